The summed E-state index contributed by atoms with van der Waals surface area (Å²) in [6, 6.07) is 5.18. The Morgan fingerprint density at radius 3 is 2.93 bits per heavy atom. The first kappa shape index (κ1) is 9.09. The average Bonchev–Trinajstić information content (AvgIpc) is 2.17. The molecule has 2 rings (SSSR count). The van der Waals surface area contributed by atoms with Crippen LogP contribution in [0.15, 0.2) is 34.0 Å². The van der Waals surface area contributed by atoms with Crippen molar-refractivity contribution in [2.75, 3.05) is 0 Å². The highest BCUT2D eigenvalue weighted by Crippen LogP contribution is 2.16. The highest BCUT2D eigenvalue weighted by molar-refractivity contribution is 6.31. The van der Waals surface area contributed by atoms with Gasteiger partial charge < -0.3 is 9.62 Å². The molecular weight excluding hydrogens is 202 g/mol. The Bertz CT molecular complexity index is 540. The lowest BCUT2D eigenvalue weighted by molar-refractivity contribution is 0.302. The Hall–Kier alpha value is -1.48. The lowest BCUT2D eigenvalue weighted by atomic mass is 10.2. The van der Waals surface area contributed by atoms with E-state index in [1.54, 1.807) is 31.4 Å². The van der Waals surface area contributed by atoms with E-state index < -0.39 is 0 Å². The average molecular weight is 210 g/mol. The summed E-state index contributed by atoms with van der Waals surface area (Å²) in [6.45, 7) is 1.80. The van der Waals surface area contributed by atoms with E-state index in [0.717, 1.165) is 5.56 Å². The topological polar surface area (TPSA) is 45.7 Å². The maximum absolute atomic E-state index is 8.85. The molecule has 0 saturated heterocycles. The first-order chi connectivity index (χ1) is 6.72. The van der Waals surface area contributed by atoms with Gasteiger partial charge in [0.05, 0.1) is 6.26 Å². The van der Waals surface area contributed by atoms with E-state index in [1.165, 1.54) is 0 Å². The number of halogens is 1. The van der Waals surface area contributed by atoms with Crippen molar-refractivity contribution in [3.05, 3.63) is 40.4 Å². The van der Waals surface area contributed by atoms with E-state index in [2.05, 4.69) is 5.16 Å². The van der Waals surface area contributed by atoms with Crippen molar-refractivity contribution in [1.82, 2.24) is 0 Å². The second kappa shape index (κ2) is 3.35. The van der Waals surface area contributed by atoms with Crippen molar-refractivity contribution in [1.29, 1.82) is 0 Å². The third kappa shape index (κ3) is 1.36. The van der Waals surface area contributed by atoms with Crippen LogP contribution in [-0.4, -0.2) is 5.21 Å². The number of aryl methyl sites for hydroxylation is 1. The second-order valence-electron chi connectivity index (χ2n) is 3.01. The standard InChI is InChI=1S/C10H8ClNO2/c1-6-5-14-9-3-2-7(11)4-8(9)10(6)12-13/h2-5,13H,1H3. The van der Waals surface area contributed by atoms with Crippen LogP contribution in [0.3, 0.4) is 0 Å². The van der Waals surface area contributed by atoms with Crippen LogP contribution in [0.25, 0.3) is 11.0 Å². The summed E-state index contributed by atoms with van der Waals surface area (Å²) >= 11 is 5.83. The Morgan fingerprint density at radius 1 is 1.43 bits per heavy atom. The molecule has 1 aromatic heterocycles. The third-order valence-corrected chi connectivity index (χ3v) is 2.27. The Balaban J connectivity index is 3.00. The van der Waals surface area contributed by atoms with Crippen LogP contribution in [0.2, 0.25) is 5.02 Å². The Labute approximate surface area is 85.2 Å². The van der Waals surface area contributed by atoms with Gasteiger partial charge >= 0.3 is 0 Å². The van der Waals surface area contributed by atoms with Gasteiger partial charge in [-0.05, 0) is 25.1 Å². The highest BCUT2D eigenvalue weighted by atomic mass is 35.5. The smallest absolute Gasteiger partial charge is 0.136 e. The molecule has 0 radical (unpaired) electrons. The van der Waals surface area contributed by atoms with Crippen molar-refractivity contribution in [2.45, 2.75) is 6.92 Å². The SMILES string of the molecule is Cc1coc2ccc(Cl)cc2c1=NO. The summed E-state index contributed by atoms with van der Waals surface area (Å²) in [5.41, 5.74) is 1.41. The minimum absolute atomic E-state index is 0.494. The van der Waals surface area contributed by atoms with Gasteiger partial charge in [-0.25, -0.2) is 0 Å². The van der Waals surface area contributed by atoms with Gasteiger partial charge in [-0.1, -0.05) is 16.8 Å². The minimum Gasteiger partial charge on any atom is -0.464 e. The van der Waals surface area contributed by atoms with Crippen LogP contribution in [-0.2, 0) is 0 Å². The summed E-state index contributed by atoms with van der Waals surface area (Å²) < 4.78 is 5.31. The van der Waals surface area contributed by atoms with Crippen LogP contribution >= 0.6 is 11.6 Å². The fraction of sp³-hybridized carbons (Fsp3) is 0.100. The zero-order valence-electron chi connectivity index (χ0n) is 7.49. The number of fused-ring (bicyclic) bond motifs is 1. The van der Waals surface area contributed by atoms with Crippen LogP contribution in [0.4, 0.5) is 0 Å². The van der Waals surface area contributed by atoms with Gasteiger partial charge in [0.15, 0.2) is 0 Å². The summed E-state index contributed by atoms with van der Waals surface area (Å²) in [4.78, 5) is 0. The second-order valence-corrected chi connectivity index (χ2v) is 3.44. The number of hydrogen-bond donors (Lipinski definition) is 1. The van der Waals surface area contributed by atoms with Crippen LogP contribution in [0, 0.1) is 6.92 Å². The summed E-state index contributed by atoms with van der Waals surface area (Å²) in [7, 11) is 0. The summed E-state index contributed by atoms with van der Waals surface area (Å²) in [5.74, 6) is 0. The third-order valence-electron chi connectivity index (χ3n) is 2.03. The molecule has 0 aliphatic rings. The van der Waals surface area contributed by atoms with E-state index in [0.29, 0.717) is 21.3 Å². The van der Waals surface area contributed by atoms with Crippen LogP contribution < -0.4 is 5.36 Å². The van der Waals surface area contributed by atoms with E-state index in [-0.39, 0.29) is 0 Å². The number of rotatable bonds is 0. The molecule has 0 fully saturated rings. The first-order valence-corrected chi connectivity index (χ1v) is 4.46. The molecular formula is C10H8ClNO2. The molecule has 0 spiro atoms. The highest BCUT2D eigenvalue weighted by Gasteiger charge is 2.02. The molecule has 0 unspecified atom stereocenters. The molecule has 1 N–H and O–H groups in total. The van der Waals surface area contributed by atoms with E-state index in [1.807, 2.05) is 0 Å². The quantitative estimate of drug-likeness (QED) is 0.536. The van der Waals surface area contributed by atoms with Crippen molar-refractivity contribution in [2.24, 2.45) is 5.16 Å². The van der Waals surface area contributed by atoms with Crippen molar-refractivity contribution < 1.29 is 9.62 Å². The van der Waals surface area contributed by atoms with Gasteiger partial charge in [-0.15, -0.1) is 0 Å². The van der Waals surface area contributed by atoms with Gasteiger partial charge in [0, 0.05) is 16.0 Å². The predicted octanol–water partition coefficient (Wildman–Crippen LogP) is 2.68. The molecule has 4 heteroatoms. The van der Waals surface area contributed by atoms with Gasteiger partial charge in [0.2, 0.25) is 0 Å². The normalized spacial score (nSPS) is 12.3. The van der Waals surface area contributed by atoms with E-state index in [4.69, 9.17) is 21.2 Å². The van der Waals surface area contributed by atoms with E-state index >= 15 is 0 Å². The fourth-order valence-electron chi connectivity index (χ4n) is 1.34. The molecule has 14 heavy (non-hydrogen) atoms. The summed E-state index contributed by atoms with van der Waals surface area (Å²) in [6.07, 6.45) is 1.55. The number of hydrogen-bond acceptors (Lipinski definition) is 3. The number of nitrogens with zero attached hydrogens (tertiary/aromatic N) is 1. The van der Waals surface area contributed by atoms with Crippen LogP contribution in [0.1, 0.15) is 5.56 Å². The zero-order valence-corrected chi connectivity index (χ0v) is 8.25. The lowest BCUT2D eigenvalue weighted by Gasteiger charge is -1.99. The van der Waals surface area contributed by atoms with Gasteiger partial charge in [0.1, 0.15) is 10.9 Å². The molecule has 0 atom stereocenters. The first-order valence-electron chi connectivity index (χ1n) is 4.08. The molecule has 2 aromatic rings. The fourth-order valence-corrected chi connectivity index (χ4v) is 1.51. The number of benzene rings is 1. The van der Waals surface area contributed by atoms with Crippen LogP contribution in [0.5, 0.6) is 0 Å². The molecule has 3 nitrogen and oxygen atoms in total. The summed E-state index contributed by atoms with van der Waals surface area (Å²) in [5, 5.41) is 13.9. The monoisotopic (exact) mass is 209 g/mol. The maximum atomic E-state index is 8.85. The van der Waals surface area contributed by atoms with Gasteiger partial charge in [0.25, 0.3) is 0 Å². The molecule has 0 bridgehead atoms. The molecule has 72 valence electrons. The van der Waals surface area contributed by atoms with Crippen molar-refractivity contribution >= 4 is 22.6 Å². The molecule has 1 aromatic carbocycles. The molecule has 1 heterocycles. The Kier molecular flexibility index (Phi) is 2.17. The zero-order chi connectivity index (χ0) is 10.1. The van der Waals surface area contributed by atoms with Gasteiger partial charge in [-0.2, -0.15) is 0 Å². The molecule has 0 aliphatic carbocycles. The Morgan fingerprint density at radius 2 is 2.21 bits per heavy atom. The van der Waals surface area contributed by atoms with Crippen molar-refractivity contribution in [3.63, 3.8) is 0 Å². The largest absolute Gasteiger partial charge is 0.464 e. The van der Waals surface area contributed by atoms with Gasteiger partial charge in [-0.3, -0.25) is 0 Å². The maximum Gasteiger partial charge on any atom is 0.136 e. The lowest BCUT2D eigenvalue weighted by Crippen LogP contribution is -2.07. The predicted molar refractivity (Wildman–Crippen MR) is 53.3 cm³/mol. The van der Waals surface area contributed by atoms with Crippen molar-refractivity contribution in [3.8, 4) is 0 Å². The molecule has 0 saturated carbocycles. The molecule has 0 aliphatic heterocycles. The molecule has 0 amide bonds. The van der Waals surface area contributed by atoms with E-state index in [9.17, 15) is 0 Å². The minimum atomic E-state index is 0.494.